The number of halogens is 1. The van der Waals surface area contributed by atoms with Gasteiger partial charge in [-0.1, -0.05) is 45.9 Å². The molecule has 3 nitrogen and oxygen atoms in total. The van der Waals surface area contributed by atoms with Crippen LogP contribution in [0.15, 0.2) is 18.2 Å². The highest BCUT2D eigenvalue weighted by Crippen LogP contribution is 2.34. The number of carbonyl (C=O) groups excluding carboxylic acids is 1. The standard InChI is InChI=1S/C18H29NO2.ClH/c1-7-19(8-2)12-17(20)21-18-15(13(3)4)10-9-11-16(18)14(5)6;/h9-11,13-14H,7-8,12H2,1-6H3;1H. The van der Waals surface area contributed by atoms with Gasteiger partial charge in [0.25, 0.3) is 0 Å². The van der Waals surface area contributed by atoms with Gasteiger partial charge in [0.05, 0.1) is 13.1 Å². The minimum Gasteiger partial charge on any atom is -1.00 e. The summed E-state index contributed by atoms with van der Waals surface area (Å²) in [6.45, 7) is 15.0. The Morgan fingerprint density at radius 1 is 1.05 bits per heavy atom. The second-order valence-electron chi connectivity index (χ2n) is 6.18. The van der Waals surface area contributed by atoms with Crippen molar-refractivity contribution < 1.29 is 26.8 Å². The lowest BCUT2D eigenvalue weighted by molar-refractivity contribution is -0.888. The molecule has 1 aromatic rings. The fourth-order valence-corrected chi connectivity index (χ4v) is 2.45. The fourth-order valence-electron chi connectivity index (χ4n) is 2.45. The van der Waals surface area contributed by atoms with Crippen molar-refractivity contribution in [3.8, 4) is 5.75 Å². The summed E-state index contributed by atoms with van der Waals surface area (Å²) < 4.78 is 5.77. The van der Waals surface area contributed by atoms with E-state index in [0.29, 0.717) is 18.4 Å². The van der Waals surface area contributed by atoms with Gasteiger partial charge in [-0.05, 0) is 36.8 Å². The first-order chi connectivity index (χ1) is 9.90. The highest BCUT2D eigenvalue weighted by Gasteiger charge is 2.20. The van der Waals surface area contributed by atoms with Gasteiger partial charge >= 0.3 is 5.97 Å². The molecule has 0 atom stereocenters. The molecule has 22 heavy (non-hydrogen) atoms. The number of likely N-dealkylation sites (N-methyl/N-ethyl adjacent to an activating group) is 1. The second kappa shape index (κ2) is 9.86. The van der Waals surface area contributed by atoms with E-state index in [1.165, 1.54) is 4.90 Å². The van der Waals surface area contributed by atoms with Crippen molar-refractivity contribution in [1.82, 2.24) is 0 Å². The van der Waals surface area contributed by atoms with Gasteiger partial charge in [0.2, 0.25) is 0 Å². The van der Waals surface area contributed by atoms with Crippen molar-refractivity contribution >= 4 is 5.97 Å². The molecule has 126 valence electrons. The number of hydrogen-bond donors (Lipinski definition) is 1. The number of carbonyl (C=O) groups is 1. The Morgan fingerprint density at radius 3 is 1.86 bits per heavy atom. The van der Waals surface area contributed by atoms with Crippen molar-refractivity contribution in [2.24, 2.45) is 0 Å². The topological polar surface area (TPSA) is 30.7 Å². The largest absolute Gasteiger partial charge is 1.00 e. The zero-order valence-corrected chi connectivity index (χ0v) is 15.5. The average molecular weight is 328 g/mol. The van der Waals surface area contributed by atoms with E-state index >= 15 is 0 Å². The van der Waals surface area contributed by atoms with Crippen LogP contribution in [0.5, 0.6) is 5.75 Å². The number of esters is 1. The lowest BCUT2D eigenvalue weighted by atomic mass is 9.94. The Balaban J connectivity index is 0.00000441. The number of quaternary nitrogens is 1. The molecule has 0 aliphatic rings. The Hall–Kier alpha value is -1.06. The molecular formula is C18H30ClNO2. The van der Waals surface area contributed by atoms with Crippen LogP contribution in [-0.4, -0.2) is 25.6 Å². The fraction of sp³-hybridized carbons (Fsp3) is 0.611. The first-order valence-corrected chi connectivity index (χ1v) is 8.07. The maximum absolute atomic E-state index is 12.2. The zero-order chi connectivity index (χ0) is 16.0. The van der Waals surface area contributed by atoms with Crippen molar-refractivity contribution in [2.45, 2.75) is 53.4 Å². The van der Waals surface area contributed by atoms with Crippen LogP contribution in [0.1, 0.15) is 64.5 Å². The molecule has 0 bridgehead atoms. The highest BCUT2D eigenvalue weighted by molar-refractivity contribution is 5.74. The number of ether oxygens (including phenoxy) is 1. The van der Waals surface area contributed by atoms with E-state index in [4.69, 9.17) is 4.74 Å². The number of para-hydroxylation sites is 1. The van der Waals surface area contributed by atoms with Gasteiger partial charge in [0.1, 0.15) is 5.75 Å². The van der Waals surface area contributed by atoms with Crippen LogP contribution in [0.2, 0.25) is 0 Å². The van der Waals surface area contributed by atoms with E-state index in [0.717, 1.165) is 30.0 Å². The molecule has 0 radical (unpaired) electrons. The first kappa shape index (κ1) is 20.9. The number of hydrogen-bond acceptors (Lipinski definition) is 2. The van der Waals surface area contributed by atoms with E-state index < -0.39 is 0 Å². The third-order valence-electron chi connectivity index (χ3n) is 3.93. The molecule has 4 heteroatoms. The molecule has 0 saturated carbocycles. The van der Waals surface area contributed by atoms with Crippen LogP contribution in [0.3, 0.4) is 0 Å². The van der Waals surface area contributed by atoms with E-state index in [2.05, 4.69) is 59.7 Å². The minimum atomic E-state index is -0.135. The quantitative estimate of drug-likeness (QED) is 0.554. The molecule has 1 N–H and O–H groups in total. The smallest absolute Gasteiger partial charge is 0.367 e. The number of benzene rings is 1. The molecule has 0 heterocycles. The first-order valence-electron chi connectivity index (χ1n) is 8.07. The van der Waals surface area contributed by atoms with Crippen LogP contribution >= 0.6 is 0 Å². The summed E-state index contributed by atoms with van der Waals surface area (Å²) in [6.07, 6.45) is 0. The maximum atomic E-state index is 12.2. The molecule has 0 unspecified atom stereocenters. The minimum absolute atomic E-state index is 0. The lowest BCUT2D eigenvalue weighted by Gasteiger charge is -2.20. The van der Waals surface area contributed by atoms with Crippen LogP contribution in [0.4, 0.5) is 0 Å². The van der Waals surface area contributed by atoms with Crippen molar-refractivity contribution in [3.05, 3.63) is 29.3 Å². The molecule has 0 amide bonds. The molecule has 0 fully saturated rings. The molecule has 0 aliphatic heterocycles. The Morgan fingerprint density at radius 2 is 1.50 bits per heavy atom. The lowest BCUT2D eigenvalue weighted by Crippen LogP contribution is -3.12. The summed E-state index contributed by atoms with van der Waals surface area (Å²) in [5.41, 5.74) is 2.23. The SMILES string of the molecule is CC[NH+](CC)CC(=O)Oc1c(C(C)C)cccc1C(C)C.[Cl-]. The third kappa shape index (κ3) is 5.62. The molecule has 0 aromatic heterocycles. The predicted molar refractivity (Wildman–Crippen MR) is 87.2 cm³/mol. The van der Waals surface area contributed by atoms with Gasteiger partial charge in [-0.25, -0.2) is 4.79 Å². The molecule has 0 spiro atoms. The van der Waals surface area contributed by atoms with Crippen molar-refractivity contribution in [1.29, 1.82) is 0 Å². The molecule has 0 saturated heterocycles. The van der Waals surface area contributed by atoms with Gasteiger partial charge in [-0.3, -0.25) is 0 Å². The number of rotatable bonds is 7. The van der Waals surface area contributed by atoms with E-state index in [1.807, 2.05) is 0 Å². The van der Waals surface area contributed by atoms with E-state index in [-0.39, 0.29) is 18.4 Å². The van der Waals surface area contributed by atoms with Crippen molar-refractivity contribution in [2.75, 3.05) is 19.6 Å². The third-order valence-corrected chi connectivity index (χ3v) is 3.93. The zero-order valence-electron chi connectivity index (χ0n) is 14.7. The molecule has 1 aromatic carbocycles. The summed E-state index contributed by atoms with van der Waals surface area (Å²) >= 11 is 0. The summed E-state index contributed by atoms with van der Waals surface area (Å²) in [5, 5.41) is 0. The summed E-state index contributed by atoms with van der Waals surface area (Å²) in [4.78, 5) is 13.5. The van der Waals surface area contributed by atoms with Gasteiger partial charge in [0, 0.05) is 0 Å². The van der Waals surface area contributed by atoms with Crippen LogP contribution in [0, 0.1) is 0 Å². The summed E-state index contributed by atoms with van der Waals surface area (Å²) in [5.74, 6) is 1.32. The van der Waals surface area contributed by atoms with Crippen LogP contribution in [-0.2, 0) is 4.79 Å². The Bertz CT molecular complexity index is 442. The Labute approximate surface area is 141 Å². The van der Waals surface area contributed by atoms with Gasteiger partial charge < -0.3 is 22.0 Å². The van der Waals surface area contributed by atoms with Gasteiger partial charge in [0.15, 0.2) is 6.54 Å². The maximum Gasteiger partial charge on any atom is 0.367 e. The second-order valence-corrected chi connectivity index (χ2v) is 6.18. The van der Waals surface area contributed by atoms with Gasteiger partial charge in [-0.2, -0.15) is 0 Å². The van der Waals surface area contributed by atoms with Crippen LogP contribution < -0.4 is 22.0 Å². The normalized spacial score (nSPS) is 11.0. The predicted octanol–water partition coefficient (Wildman–Crippen LogP) is -0.232. The van der Waals surface area contributed by atoms with Crippen molar-refractivity contribution in [3.63, 3.8) is 0 Å². The number of nitrogens with one attached hydrogen (secondary N) is 1. The summed E-state index contributed by atoms with van der Waals surface area (Å²) in [6, 6.07) is 6.17. The highest BCUT2D eigenvalue weighted by atomic mass is 35.5. The van der Waals surface area contributed by atoms with Gasteiger partial charge in [-0.15, -0.1) is 0 Å². The Kier molecular flexibility index (Phi) is 9.38. The van der Waals surface area contributed by atoms with E-state index in [9.17, 15) is 4.79 Å². The van der Waals surface area contributed by atoms with E-state index in [1.54, 1.807) is 0 Å². The average Bonchev–Trinajstić information content (AvgIpc) is 2.44. The molecule has 0 aliphatic carbocycles. The summed E-state index contributed by atoms with van der Waals surface area (Å²) in [7, 11) is 0. The molecular weight excluding hydrogens is 298 g/mol. The van der Waals surface area contributed by atoms with Crippen LogP contribution in [0.25, 0.3) is 0 Å². The molecule has 1 rings (SSSR count). The monoisotopic (exact) mass is 327 g/mol.